The van der Waals surface area contributed by atoms with Gasteiger partial charge in [0.2, 0.25) is 17.7 Å². The second kappa shape index (κ2) is 11.4. The van der Waals surface area contributed by atoms with E-state index in [1.165, 1.54) is 6.92 Å². The number of carbonyl (C=O) groups excluding carboxylic acids is 3. The highest BCUT2D eigenvalue weighted by Gasteiger charge is 2.30. The van der Waals surface area contributed by atoms with E-state index in [4.69, 9.17) is 15.9 Å². The van der Waals surface area contributed by atoms with E-state index in [9.17, 15) is 24.0 Å². The van der Waals surface area contributed by atoms with Gasteiger partial charge in [-0.3, -0.25) is 19.2 Å². The molecule has 0 aliphatic rings. The number of carboxylic acid groups (broad SMARTS) is 2. The number of rotatable bonds is 11. The van der Waals surface area contributed by atoms with Crippen LogP contribution in [0.2, 0.25) is 0 Å². The van der Waals surface area contributed by atoms with E-state index in [2.05, 4.69) is 28.6 Å². The Balaban J connectivity index is 5.03. The van der Waals surface area contributed by atoms with Crippen molar-refractivity contribution in [1.29, 1.82) is 0 Å². The fourth-order valence-electron chi connectivity index (χ4n) is 1.92. The Morgan fingerprint density at radius 2 is 1.48 bits per heavy atom. The van der Waals surface area contributed by atoms with Crippen LogP contribution in [0.1, 0.15) is 27.2 Å². The van der Waals surface area contributed by atoms with Crippen LogP contribution in [0.25, 0.3) is 0 Å². The Kier molecular flexibility index (Phi) is 10.4. The summed E-state index contributed by atoms with van der Waals surface area (Å²) >= 11 is 3.84. The zero-order valence-corrected chi connectivity index (χ0v) is 16.2. The first kappa shape index (κ1) is 24.7. The molecule has 154 valence electrons. The summed E-state index contributed by atoms with van der Waals surface area (Å²) in [5, 5.41) is 24.7. The third kappa shape index (κ3) is 8.73. The molecule has 0 heterocycles. The molecule has 4 unspecified atom stereocenters. The average molecular weight is 406 g/mol. The van der Waals surface area contributed by atoms with Gasteiger partial charge in [-0.25, -0.2) is 4.79 Å². The standard InChI is InChI=1S/C15H26N4O7S/c1-6(2)11(15(25)26)19-12(22)7(3)17-14(24)9(4-10(20)21)18-13(23)8(16)5-27/h6-9,11,27H,4-5,16H2,1-3H3,(H,17,24)(H,18,23)(H,19,22)(H,20,21)(H,25,26). The number of nitrogens with two attached hydrogens (primary N) is 1. The average Bonchev–Trinajstić information content (AvgIpc) is 2.56. The number of amides is 3. The molecule has 4 atom stereocenters. The Morgan fingerprint density at radius 3 is 1.89 bits per heavy atom. The van der Waals surface area contributed by atoms with Crippen LogP contribution in [-0.4, -0.2) is 69.8 Å². The molecule has 0 aromatic heterocycles. The van der Waals surface area contributed by atoms with Crippen LogP contribution in [0, 0.1) is 5.92 Å². The lowest BCUT2D eigenvalue weighted by Gasteiger charge is -2.23. The molecule has 0 rings (SSSR count). The highest BCUT2D eigenvalue weighted by molar-refractivity contribution is 7.80. The molecule has 0 spiro atoms. The Bertz CT molecular complexity index is 585. The predicted molar refractivity (Wildman–Crippen MR) is 98.0 cm³/mol. The van der Waals surface area contributed by atoms with E-state index in [-0.39, 0.29) is 5.75 Å². The van der Waals surface area contributed by atoms with Crippen molar-refractivity contribution in [2.45, 2.75) is 51.4 Å². The second-order valence-corrected chi connectivity index (χ2v) is 6.61. The van der Waals surface area contributed by atoms with Crippen LogP contribution in [0.5, 0.6) is 0 Å². The molecule has 0 aliphatic heterocycles. The maximum atomic E-state index is 12.2. The maximum Gasteiger partial charge on any atom is 0.326 e. The predicted octanol–water partition coefficient (Wildman–Crippen LogP) is -2.07. The van der Waals surface area contributed by atoms with Gasteiger partial charge in [-0.1, -0.05) is 13.8 Å². The molecule has 0 bridgehead atoms. The van der Waals surface area contributed by atoms with Gasteiger partial charge in [0, 0.05) is 5.75 Å². The summed E-state index contributed by atoms with van der Waals surface area (Å²) in [5.41, 5.74) is 5.47. The lowest BCUT2D eigenvalue weighted by molar-refractivity contribution is -0.144. The highest BCUT2D eigenvalue weighted by Crippen LogP contribution is 2.03. The van der Waals surface area contributed by atoms with Crippen LogP contribution in [0.3, 0.4) is 0 Å². The zero-order valence-electron chi connectivity index (χ0n) is 15.3. The first-order valence-corrected chi connectivity index (χ1v) is 8.76. The number of hydrogen-bond acceptors (Lipinski definition) is 7. The number of hydrogen-bond donors (Lipinski definition) is 7. The molecule has 0 aliphatic carbocycles. The van der Waals surface area contributed by atoms with Crippen molar-refractivity contribution >= 4 is 42.3 Å². The molecular weight excluding hydrogens is 380 g/mol. The summed E-state index contributed by atoms with van der Waals surface area (Å²) in [7, 11) is 0. The van der Waals surface area contributed by atoms with Crippen molar-refractivity contribution in [2.75, 3.05) is 5.75 Å². The minimum absolute atomic E-state index is 0.0160. The Labute approximate surface area is 161 Å². The number of carboxylic acids is 2. The second-order valence-electron chi connectivity index (χ2n) is 6.25. The normalized spacial score (nSPS) is 15.2. The molecule has 0 fully saturated rings. The first-order chi connectivity index (χ1) is 12.4. The van der Waals surface area contributed by atoms with Gasteiger partial charge in [-0.05, 0) is 12.8 Å². The third-order valence-corrected chi connectivity index (χ3v) is 3.92. The van der Waals surface area contributed by atoms with Gasteiger partial charge in [0.25, 0.3) is 0 Å². The first-order valence-electron chi connectivity index (χ1n) is 8.12. The van der Waals surface area contributed by atoms with Gasteiger partial charge in [-0.2, -0.15) is 12.6 Å². The van der Waals surface area contributed by atoms with E-state index in [1.54, 1.807) is 13.8 Å². The molecule has 3 amide bonds. The quantitative estimate of drug-likeness (QED) is 0.191. The molecule has 11 nitrogen and oxygen atoms in total. The smallest absolute Gasteiger partial charge is 0.326 e. The summed E-state index contributed by atoms with van der Waals surface area (Å²) < 4.78 is 0. The summed E-state index contributed by atoms with van der Waals surface area (Å²) in [4.78, 5) is 58.2. The van der Waals surface area contributed by atoms with E-state index < -0.39 is 66.2 Å². The summed E-state index contributed by atoms with van der Waals surface area (Å²) in [6.45, 7) is 4.50. The molecule has 0 aromatic carbocycles. The summed E-state index contributed by atoms with van der Waals surface area (Å²) in [6, 6.07) is -4.82. The fourth-order valence-corrected chi connectivity index (χ4v) is 2.08. The van der Waals surface area contributed by atoms with Crippen molar-refractivity contribution in [1.82, 2.24) is 16.0 Å². The molecule has 0 aromatic rings. The Morgan fingerprint density at radius 1 is 0.926 bits per heavy atom. The molecule has 0 saturated heterocycles. The molecule has 27 heavy (non-hydrogen) atoms. The van der Waals surface area contributed by atoms with Gasteiger partial charge in [0.15, 0.2) is 0 Å². The van der Waals surface area contributed by atoms with Crippen molar-refractivity contribution < 1.29 is 34.2 Å². The molecule has 0 radical (unpaired) electrons. The Hall–Kier alpha value is -2.34. The van der Waals surface area contributed by atoms with Crippen LogP contribution in [0.15, 0.2) is 0 Å². The largest absolute Gasteiger partial charge is 0.481 e. The fraction of sp³-hybridized carbons (Fsp3) is 0.667. The van der Waals surface area contributed by atoms with E-state index in [1.807, 2.05) is 0 Å². The number of carbonyl (C=O) groups is 5. The van der Waals surface area contributed by atoms with E-state index in [0.717, 1.165) is 0 Å². The zero-order chi connectivity index (χ0) is 21.3. The van der Waals surface area contributed by atoms with Gasteiger partial charge in [-0.15, -0.1) is 0 Å². The van der Waals surface area contributed by atoms with Crippen molar-refractivity contribution in [3.8, 4) is 0 Å². The van der Waals surface area contributed by atoms with Crippen LogP contribution < -0.4 is 21.7 Å². The summed E-state index contributed by atoms with van der Waals surface area (Å²) in [6.07, 6.45) is -0.727. The molecule has 0 saturated carbocycles. The van der Waals surface area contributed by atoms with Crippen molar-refractivity contribution in [2.24, 2.45) is 11.7 Å². The van der Waals surface area contributed by atoms with Gasteiger partial charge in [0.1, 0.15) is 18.1 Å². The monoisotopic (exact) mass is 406 g/mol. The maximum absolute atomic E-state index is 12.2. The van der Waals surface area contributed by atoms with Gasteiger partial charge < -0.3 is 31.9 Å². The molecular formula is C15H26N4O7S. The molecule has 7 N–H and O–H groups in total. The third-order valence-electron chi connectivity index (χ3n) is 3.53. The lowest BCUT2D eigenvalue weighted by atomic mass is 10.0. The van der Waals surface area contributed by atoms with Crippen LogP contribution >= 0.6 is 12.6 Å². The number of thiol groups is 1. The summed E-state index contributed by atoms with van der Waals surface area (Å²) in [5.74, 6) is -5.44. The van der Waals surface area contributed by atoms with E-state index in [0.29, 0.717) is 0 Å². The minimum Gasteiger partial charge on any atom is -0.481 e. The van der Waals surface area contributed by atoms with E-state index >= 15 is 0 Å². The van der Waals surface area contributed by atoms with Crippen LogP contribution in [0.4, 0.5) is 0 Å². The number of aliphatic carboxylic acids is 2. The highest BCUT2D eigenvalue weighted by atomic mass is 32.1. The van der Waals surface area contributed by atoms with Gasteiger partial charge in [0.05, 0.1) is 12.5 Å². The molecule has 12 heteroatoms. The SMILES string of the molecule is CC(NC(=O)C(CC(=O)O)NC(=O)C(N)CS)C(=O)NC(C(=O)O)C(C)C. The topological polar surface area (TPSA) is 188 Å². The minimum atomic E-state index is -1.46. The number of nitrogens with one attached hydrogen (secondary N) is 3. The van der Waals surface area contributed by atoms with Gasteiger partial charge >= 0.3 is 11.9 Å². The lowest BCUT2D eigenvalue weighted by Crippen LogP contribution is -2.57. The van der Waals surface area contributed by atoms with Crippen LogP contribution in [-0.2, 0) is 24.0 Å². The van der Waals surface area contributed by atoms with Crippen molar-refractivity contribution in [3.63, 3.8) is 0 Å². The van der Waals surface area contributed by atoms with Crippen molar-refractivity contribution in [3.05, 3.63) is 0 Å².